The molecule has 6 nitrogen and oxygen atoms in total. The molecule has 0 aliphatic heterocycles. The monoisotopic (exact) mass is 371 g/mol. The Balaban J connectivity index is 1.32. The standard InChI is InChI=1S/C21H33N5O/c1-17-8-6-14-26-16-18(25-20(17)26)11-13-24-21(22-2)23-12-7-15-27-19-9-4-3-5-10-19/h6,8,14,16,19H,3-5,7,9-13,15H2,1-2H3,(H2,22,23,24). The summed E-state index contributed by atoms with van der Waals surface area (Å²) in [7, 11) is 1.81. The van der Waals surface area contributed by atoms with Crippen molar-refractivity contribution in [1.82, 2.24) is 20.0 Å². The highest BCUT2D eigenvalue weighted by molar-refractivity contribution is 5.79. The summed E-state index contributed by atoms with van der Waals surface area (Å²) in [5, 5.41) is 6.73. The third-order valence-corrected chi connectivity index (χ3v) is 5.14. The van der Waals surface area contributed by atoms with Crippen LogP contribution < -0.4 is 10.6 Å². The van der Waals surface area contributed by atoms with Crippen LogP contribution in [0.1, 0.15) is 49.8 Å². The predicted molar refractivity (Wildman–Crippen MR) is 110 cm³/mol. The summed E-state index contributed by atoms with van der Waals surface area (Å²) >= 11 is 0. The average Bonchev–Trinajstić information content (AvgIpc) is 3.11. The Morgan fingerprint density at radius 3 is 2.85 bits per heavy atom. The van der Waals surface area contributed by atoms with Crippen molar-refractivity contribution < 1.29 is 4.74 Å². The zero-order valence-electron chi connectivity index (χ0n) is 16.7. The molecule has 2 aromatic heterocycles. The largest absolute Gasteiger partial charge is 0.378 e. The van der Waals surface area contributed by atoms with Crippen molar-refractivity contribution in [1.29, 1.82) is 0 Å². The van der Waals surface area contributed by atoms with Crippen LogP contribution in [-0.2, 0) is 11.2 Å². The minimum absolute atomic E-state index is 0.491. The van der Waals surface area contributed by atoms with Crippen molar-refractivity contribution in [2.45, 2.75) is 58.0 Å². The molecule has 0 bridgehead atoms. The average molecular weight is 372 g/mol. The molecule has 0 atom stereocenters. The fourth-order valence-electron chi connectivity index (χ4n) is 3.62. The molecule has 3 rings (SSSR count). The number of pyridine rings is 1. The second-order valence-electron chi connectivity index (χ2n) is 7.31. The number of aliphatic imine (C=N–C) groups is 1. The predicted octanol–water partition coefficient (Wildman–Crippen LogP) is 3.09. The van der Waals surface area contributed by atoms with Gasteiger partial charge in [0, 0.05) is 45.6 Å². The zero-order valence-corrected chi connectivity index (χ0v) is 16.7. The van der Waals surface area contributed by atoms with E-state index in [1.165, 1.54) is 37.7 Å². The molecule has 6 heteroatoms. The van der Waals surface area contributed by atoms with Crippen LogP contribution in [0.5, 0.6) is 0 Å². The van der Waals surface area contributed by atoms with Crippen molar-refractivity contribution in [2.75, 3.05) is 26.7 Å². The van der Waals surface area contributed by atoms with Crippen molar-refractivity contribution in [3.8, 4) is 0 Å². The molecule has 2 N–H and O–H groups in total. The number of fused-ring (bicyclic) bond motifs is 1. The first kappa shape index (κ1) is 19.7. The summed E-state index contributed by atoms with van der Waals surface area (Å²) < 4.78 is 8.05. The summed E-state index contributed by atoms with van der Waals surface area (Å²) in [6.07, 6.45) is 13.0. The van der Waals surface area contributed by atoms with Gasteiger partial charge in [-0.2, -0.15) is 0 Å². The maximum atomic E-state index is 5.96. The lowest BCUT2D eigenvalue weighted by molar-refractivity contribution is 0.0277. The third kappa shape index (κ3) is 5.96. The Kier molecular flexibility index (Phi) is 7.51. The van der Waals surface area contributed by atoms with E-state index in [1.807, 2.05) is 13.2 Å². The second-order valence-corrected chi connectivity index (χ2v) is 7.31. The van der Waals surface area contributed by atoms with Gasteiger partial charge < -0.3 is 19.8 Å². The lowest BCUT2D eigenvalue weighted by atomic mass is 9.98. The molecule has 1 fully saturated rings. The maximum absolute atomic E-state index is 5.96. The lowest BCUT2D eigenvalue weighted by Crippen LogP contribution is -2.39. The first-order valence-electron chi connectivity index (χ1n) is 10.3. The van der Waals surface area contributed by atoms with Gasteiger partial charge in [-0.1, -0.05) is 25.3 Å². The molecule has 1 saturated carbocycles. The van der Waals surface area contributed by atoms with E-state index in [1.54, 1.807) is 0 Å². The van der Waals surface area contributed by atoms with Gasteiger partial charge in [0.1, 0.15) is 5.65 Å². The Bertz CT molecular complexity index is 733. The van der Waals surface area contributed by atoms with Crippen LogP contribution >= 0.6 is 0 Å². The highest BCUT2D eigenvalue weighted by Crippen LogP contribution is 2.20. The van der Waals surface area contributed by atoms with Crippen LogP contribution in [0.3, 0.4) is 0 Å². The molecule has 0 unspecified atom stereocenters. The van der Waals surface area contributed by atoms with E-state index in [2.05, 4.69) is 45.3 Å². The smallest absolute Gasteiger partial charge is 0.190 e. The Labute approximate surface area is 162 Å². The fraction of sp³-hybridized carbons (Fsp3) is 0.619. The zero-order chi connectivity index (χ0) is 18.9. The van der Waals surface area contributed by atoms with Crippen molar-refractivity contribution >= 4 is 11.6 Å². The summed E-state index contributed by atoms with van der Waals surface area (Å²) in [4.78, 5) is 9.00. The van der Waals surface area contributed by atoms with Gasteiger partial charge in [0.25, 0.3) is 0 Å². The molecular formula is C21H33N5O. The fourth-order valence-corrected chi connectivity index (χ4v) is 3.62. The van der Waals surface area contributed by atoms with E-state index in [-0.39, 0.29) is 0 Å². The minimum Gasteiger partial charge on any atom is -0.378 e. The minimum atomic E-state index is 0.491. The van der Waals surface area contributed by atoms with E-state index in [0.717, 1.165) is 49.8 Å². The molecule has 27 heavy (non-hydrogen) atoms. The van der Waals surface area contributed by atoms with Crippen LogP contribution in [0.2, 0.25) is 0 Å². The van der Waals surface area contributed by atoms with E-state index in [9.17, 15) is 0 Å². The van der Waals surface area contributed by atoms with Crippen molar-refractivity contribution in [3.63, 3.8) is 0 Å². The van der Waals surface area contributed by atoms with Crippen LogP contribution in [0, 0.1) is 6.92 Å². The van der Waals surface area contributed by atoms with Gasteiger partial charge >= 0.3 is 0 Å². The number of hydrogen-bond acceptors (Lipinski definition) is 3. The number of nitrogens with zero attached hydrogens (tertiary/aromatic N) is 3. The molecule has 0 aromatic carbocycles. The molecule has 148 valence electrons. The highest BCUT2D eigenvalue weighted by Gasteiger charge is 2.13. The van der Waals surface area contributed by atoms with Crippen LogP contribution in [0.15, 0.2) is 29.5 Å². The molecule has 1 aliphatic rings. The van der Waals surface area contributed by atoms with Crippen molar-refractivity contribution in [2.24, 2.45) is 4.99 Å². The van der Waals surface area contributed by atoms with E-state index in [4.69, 9.17) is 9.72 Å². The van der Waals surface area contributed by atoms with E-state index < -0.39 is 0 Å². The second kappa shape index (κ2) is 10.3. The number of aryl methyl sites for hydroxylation is 1. The Morgan fingerprint density at radius 1 is 1.26 bits per heavy atom. The summed E-state index contributed by atoms with van der Waals surface area (Å²) in [5.41, 5.74) is 3.32. The topological polar surface area (TPSA) is 63.0 Å². The number of hydrogen-bond donors (Lipinski definition) is 2. The summed E-state index contributed by atoms with van der Waals surface area (Å²) in [6.45, 7) is 4.60. The van der Waals surface area contributed by atoms with Gasteiger partial charge in [-0.05, 0) is 37.8 Å². The van der Waals surface area contributed by atoms with Gasteiger partial charge in [0.15, 0.2) is 5.96 Å². The number of guanidine groups is 1. The van der Waals surface area contributed by atoms with Gasteiger partial charge in [-0.25, -0.2) is 4.98 Å². The SMILES string of the molecule is CN=C(NCCCOC1CCCCC1)NCCc1cn2cccc(C)c2n1. The van der Waals surface area contributed by atoms with Crippen LogP contribution in [0.4, 0.5) is 0 Å². The number of imidazole rings is 1. The van der Waals surface area contributed by atoms with Crippen LogP contribution in [-0.4, -0.2) is 48.2 Å². The first-order valence-corrected chi connectivity index (χ1v) is 10.3. The van der Waals surface area contributed by atoms with Crippen molar-refractivity contribution in [3.05, 3.63) is 35.8 Å². The maximum Gasteiger partial charge on any atom is 0.190 e. The van der Waals surface area contributed by atoms with E-state index >= 15 is 0 Å². The van der Waals surface area contributed by atoms with Gasteiger partial charge in [0.2, 0.25) is 0 Å². The molecule has 1 aliphatic carbocycles. The quantitative estimate of drug-likeness (QED) is 0.425. The molecule has 0 radical (unpaired) electrons. The number of rotatable bonds is 8. The third-order valence-electron chi connectivity index (χ3n) is 5.14. The number of aromatic nitrogens is 2. The Morgan fingerprint density at radius 2 is 2.07 bits per heavy atom. The normalized spacial score (nSPS) is 16.0. The number of nitrogens with one attached hydrogen (secondary N) is 2. The first-order chi connectivity index (χ1) is 13.3. The number of ether oxygens (including phenoxy) is 1. The summed E-state index contributed by atoms with van der Waals surface area (Å²) in [6, 6.07) is 4.14. The van der Waals surface area contributed by atoms with Gasteiger partial charge in [-0.15, -0.1) is 0 Å². The molecular weight excluding hydrogens is 338 g/mol. The molecule has 0 saturated heterocycles. The molecule has 2 heterocycles. The lowest BCUT2D eigenvalue weighted by Gasteiger charge is -2.22. The van der Waals surface area contributed by atoms with E-state index in [0.29, 0.717) is 6.10 Å². The van der Waals surface area contributed by atoms with Crippen LogP contribution in [0.25, 0.3) is 5.65 Å². The van der Waals surface area contributed by atoms with Gasteiger partial charge in [-0.3, -0.25) is 4.99 Å². The summed E-state index contributed by atoms with van der Waals surface area (Å²) in [5.74, 6) is 0.840. The molecule has 0 spiro atoms. The molecule has 2 aromatic rings. The van der Waals surface area contributed by atoms with Gasteiger partial charge in [0.05, 0.1) is 11.8 Å². The highest BCUT2D eigenvalue weighted by atomic mass is 16.5. The Hall–Kier alpha value is -2.08. The molecule has 0 amide bonds.